The molecule has 0 unspecified atom stereocenters. The Balaban J connectivity index is 0.000000704. The number of methoxy groups -OCH3 is 2. The quantitative estimate of drug-likeness (QED) is 0.936. The maximum absolute atomic E-state index is 12.0. The minimum atomic E-state index is -0.122. The number of hydrogen-bond donors (Lipinski definition) is 1. The fourth-order valence-corrected chi connectivity index (χ4v) is 2.03. The van der Waals surface area contributed by atoms with Crippen molar-refractivity contribution in [1.82, 2.24) is 9.97 Å². The Morgan fingerprint density at radius 2 is 1.75 bits per heavy atom. The van der Waals surface area contributed by atoms with Gasteiger partial charge in [0.15, 0.2) is 11.5 Å². The second-order valence-corrected chi connectivity index (χ2v) is 4.45. The molecule has 0 saturated heterocycles. The van der Waals surface area contributed by atoms with Gasteiger partial charge in [0.2, 0.25) is 0 Å². The third-order valence-corrected chi connectivity index (χ3v) is 3.19. The molecule has 108 valence electrons. The van der Waals surface area contributed by atoms with E-state index in [0.29, 0.717) is 28.3 Å². The minimum Gasteiger partial charge on any atom is -0.493 e. The number of fused-ring (bicyclic) bond motifs is 1. The lowest BCUT2D eigenvalue weighted by Gasteiger charge is -2.09. The van der Waals surface area contributed by atoms with Gasteiger partial charge in [0, 0.05) is 12.0 Å². The zero-order valence-electron chi connectivity index (χ0n) is 12.3. The normalized spacial score (nSPS) is 13.6. The molecule has 5 heteroatoms. The molecule has 2 aromatic rings. The first-order valence-electron chi connectivity index (χ1n) is 6.89. The summed E-state index contributed by atoms with van der Waals surface area (Å²) in [6, 6.07) is 3.41. The molecule has 1 fully saturated rings. The van der Waals surface area contributed by atoms with Crippen LogP contribution in [0.5, 0.6) is 11.5 Å². The van der Waals surface area contributed by atoms with Gasteiger partial charge in [-0.15, -0.1) is 0 Å². The molecule has 1 N–H and O–H groups in total. The Hall–Kier alpha value is -2.04. The van der Waals surface area contributed by atoms with Gasteiger partial charge in [-0.1, -0.05) is 13.8 Å². The van der Waals surface area contributed by atoms with Gasteiger partial charge in [-0.25, -0.2) is 4.98 Å². The molecular formula is C15H20N2O3. The standard InChI is InChI=1S/C13H14N2O3.C2H6/c1-17-10-5-8-9(6-11(10)18-2)14-12(7-3-4-7)15-13(8)16;1-2/h5-7H,3-4H2,1-2H3,(H,14,15,16);1-2H3. The Morgan fingerprint density at radius 3 is 2.30 bits per heavy atom. The number of H-pyrrole nitrogens is 1. The average Bonchev–Trinajstić information content (AvgIpc) is 3.32. The summed E-state index contributed by atoms with van der Waals surface area (Å²) >= 11 is 0. The van der Waals surface area contributed by atoms with Crippen LogP contribution in [0.15, 0.2) is 16.9 Å². The highest BCUT2D eigenvalue weighted by atomic mass is 16.5. The van der Waals surface area contributed by atoms with E-state index in [9.17, 15) is 4.79 Å². The summed E-state index contributed by atoms with van der Waals surface area (Å²) in [5.74, 6) is 2.32. The van der Waals surface area contributed by atoms with Gasteiger partial charge in [-0.05, 0) is 18.9 Å². The zero-order valence-corrected chi connectivity index (χ0v) is 12.3. The SMILES string of the molecule is CC.COc1cc2nc(C3CC3)[nH]c(=O)c2cc1OC. The number of nitrogens with zero attached hydrogens (tertiary/aromatic N) is 1. The first-order chi connectivity index (χ1) is 9.72. The van der Waals surface area contributed by atoms with E-state index in [0.717, 1.165) is 18.7 Å². The maximum atomic E-state index is 12.0. The molecule has 20 heavy (non-hydrogen) atoms. The van der Waals surface area contributed by atoms with Gasteiger partial charge < -0.3 is 14.5 Å². The molecule has 0 spiro atoms. The fraction of sp³-hybridized carbons (Fsp3) is 0.467. The van der Waals surface area contributed by atoms with Crippen LogP contribution in [0.1, 0.15) is 38.4 Å². The second-order valence-electron chi connectivity index (χ2n) is 4.45. The summed E-state index contributed by atoms with van der Waals surface area (Å²) in [4.78, 5) is 19.3. The third kappa shape index (κ3) is 2.61. The summed E-state index contributed by atoms with van der Waals surface area (Å²) in [7, 11) is 3.11. The molecule has 0 bridgehead atoms. The summed E-state index contributed by atoms with van der Waals surface area (Å²) in [6.07, 6.45) is 2.20. The molecule has 1 saturated carbocycles. The van der Waals surface area contributed by atoms with Crippen molar-refractivity contribution in [3.05, 3.63) is 28.3 Å². The molecule has 0 radical (unpaired) electrons. The van der Waals surface area contributed by atoms with Gasteiger partial charge in [0.05, 0.1) is 25.1 Å². The summed E-state index contributed by atoms with van der Waals surface area (Å²) in [5, 5.41) is 0.525. The summed E-state index contributed by atoms with van der Waals surface area (Å²) in [5.41, 5.74) is 0.529. The van der Waals surface area contributed by atoms with Gasteiger partial charge in [0.25, 0.3) is 5.56 Å². The van der Waals surface area contributed by atoms with E-state index < -0.39 is 0 Å². The van der Waals surface area contributed by atoms with Gasteiger partial charge in [0.1, 0.15) is 5.82 Å². The number of nitrogens with one attached hydrogen (secondary N) is 1. The molecule has 1 aromatic heterocycles. The van der Waals surface area contributed by atoms with Crippen LogP contribution in [0.25, 0.3) is 10.9 Å². The molecule has 0 atom stereocenters. The predicted octanol–water partition coefficient (Wildman–Crippen LogP) is 2.84. The molecule has 1 aliphatic rings. The second kappa shape index (κ2) is 5.94. The fourth-order valence-electron chi connectivity index (χ4n) is 2.03. The van der Waals surface area contributed by atoms with Gasteiger partial charge in [-0.2, -0.15) is 0 Å². The average molecular weight is 276 g/mol. The third-order valence-electron chi connectivity index (χ3n) is 3.19. The summed E-state index contributed by atoms with van der Waals surface area (Å²) < 4.78 is 10.4. The topological polar surface area (TPSA) is 64.2 Å². The number of rotatable bonds is 3. The van der Waals surface area contributed by atoms with Crippen LogP contribution in [-0.2, 0) is 0 Å². The van der Waals surface area contributed by atoms with E-state index >= 15 is 0 Å². The Labute approximate surface area is 117 Å². The van der Waals surface area contributed by atoms with E-state index in [2.05, 4.69) is 9.97 Å². The molecule has 3 rings (SSSR count). The first kappa shape index (κ1) is 14.4. The Morgan fingerprint density at radius 1 is 1.15 bits per heavy atom. The van der Waals surface area contributed by atoms with Crippen LogP contribution in [0.4, 0.5) is 0 Å². The molecule has 5 nitrogen and oxygen atoms in total. The molecule has 1 heterocycles. The molecule has 0 aliphatic heterocycles. The highest BCUT2D eigenvalue weighted by Gasteiger charge is 2.26. The minimum absolute atomic E-state index is 0.122. The van der Waals surface area contributed by atoms with Crippen molar-refractivity contribution < 1.29 is 9.47 Å². The van der Waals surface area contributed by atoms with Crippen LogP contribution >= 0.6 is 0 Å². The molecule has 1 aromatic carbocycles. The summed E-state index contributed by atoms with van der Waals surface area (Å²) in [6.45, 7) is 4.00. The largest absolute Gasteiger partial charge is 0.493 e. The number of aromatic nitrogens is 2. The number of aromatic amines is 1. The number of hydrogen-bond acceptors (Lipinski definition) is 4. The van der Waals surface area contributed by atoms with Crippen molar-refractivity contribution in [3.8, 4) is 11.5 Å². The van der Waals surface area contributed by atoms with Crippen LogP contribution in [0, 0.1) is 0 Å². The van der Waals surface area contributed by atoms with Crippen molar-refractivity contribution in [3.63, 3.8) is 0 Å². The lowest BCUT2D eigenvalue weighted by atomic mass is 10.2. The monoisotopic (exact) mass is 276 g/mol. The highest BCUT2D eigenvalue weighted by Crippen LogP contribution is 2.38. The lowest BCUT2D eigenvalue weighted by molar-refractivity contribution is 0.355. The van der Waals surface area contributed by atoms with Crippen LogP contribution in [0.2, 0.25) is 0 Å². The predicted molar refractivity (Wildman–Crippen MR) is 78.8 cm³/mol. The van der Waals surface area contributed by atoms with Crippen LogP contribution in [-0.4, -0.2) is 24.2 Å². The van der Waals surface area contributed by atoms with Gasteiger partial charge in [-0.3, -0.25) is 4.79 Å². The Kier molecular flexibility index (Phi) is 4.27. The van der Waals surface area contributed by atoms with E-state index in [1.807, 2.05) is 13.8 Å². The molecule has 0 amide bonds. The van der Waals surface area contributed by atoms with Crippen molar-refractivity contribution in [2.45, 2.75) is 32.6 Å². The van der Waals surface area contributed by atoms with Crippen molar-refractivity contribution in [1.29, 1.82) is 0 Å². The highest BCUT2D eigenvalue weighted by molar-refractivity contribution is 5.81. The number of ether oxygens (including phenoxy) is 2. The van der Waals surface area contributed by atoms with Gasteiger partial charge >= 0.3 is 0 Å². The first-order valence-corrected chi connectivity index (χ1v) is 6.89. The van der Waals surface area contributed by atoms with E-state index in [1.165, 1.54) is 0 Å². The molecule has 1 aliphatic carbocycles. The zero-order chi connectivity index (χ0) is 14.7. The smallest absolute Gasteiger partial charge is 0.258 e. The van der Waals surface area contributed by atoms with Crippen molar-refractivity contribution >= 4 is 10.9 Å². The van der Waals surface area contributed by atoms with Crippen LogP contribution in [0.3, 0.4) is 0 Å². The van der Waals surface area contributed by atoms with Crippen molar-refractivity contribution in [2.24, 2.45) is 0 Å². The maximum Gasteiger partial charge on any atom is 0.258 e. The van der Waals surface area contributed by atoms with Crippen LogP contribution < -0.4 is 15.0 Å². The van der Waals surface area contributed by atoms with E-state index in [4.69, 9.17) is 9.47 Å². The Bertz CT molecular complexity index is 660. The van der Waals surface area contributed by atoms with E-state index in [1.54, 1.807) is 26.4 Å². The van der Waals surface area contributed by atoms with Crippen molar-refractivity contribution in [2.75, 3.05) is 14.2 Å². The van der Waals surface area contributed by atoms with E-state index in [-0.39, 0.29) is 5.56 Å². The lowest BCUT2D eigenvalue weighted by Crippen LogP contribution is -2.11. The number of benzene rings is 1. The molecular weight excluding hydrogens is 256 g/mol.